The SMILES string of the molecule is CC(C)c1[nH]nc(C(=O)Nc2ccc(OCc3nccn3C)cc2)c1Br. The van der Waals surface area contributed by atoms with Crippen LogP contribution in [0, 0.1) is 0 Å². The number of nitrogens with zero attached hydrogens (tertiary/aromatic N) is 3. The van der Waals surface area contributed by atoms with Crippen LogP contribution in [-0.4, -0.2) is 25.7 Å². The Morgan fingerprint density at radius 2 is 2.08 bits per heavy atom. The first-order valence-electron chi connectivity index (χ1n) is 8.20. The molecule has 0 radical (unpaired) electrons. The molecule has 0 atom stereocenters. The van der Waals surface area contributed by atoms with Crippen molar-refractivity contribution in [3.8, 4) is 5.75 Å². The Balaban J connectivity index is 1.62. The normalized spacial score (nSPS) is 11.0. The van der Waals surface area contributed by atoms with Crippen molar-refractivity contribution in [1.82, 2.24) is 19.7 Å². The van der Waals surface area contributed by atoms with Gasteiger partial charge in [0.05, 0.1) is 10.2 Å². The van der Waals surface area contributed by atoms with E-state index in [1.165, 1.54) is 0 Å². The van der Waals surface area contributed by atoms with Crippen LogP contribution in [0.5, 0.6) is 5.75 Å². The summed E-state index contributed by atoms with van der Waals surface area (Å²) >= 11 is 3.44. The third-order valence-electron chi connectivity index (χ3n) is 3.93. The quantitative estimate of drug-likeness (QED) is 0.637. The number of amides is 1. The molecule has 0 aliphatic heterocycles. The molecule has 2 N–H and O–H groups in total. The van der Waals surface area contributed by atoms with Crippen molar-refractivity contribution >= 4 is 27.5 Å². The molecule has 8 heteroatoms. The van der Waals surface area contributed by atoms with Gasteiger partial charge in [0.25, 0.3) is 5.91 Å². The van der Waals surface area contributed by atoms with Crippen molar-refractivity contribution in [3.63, 3.8) is 0 Å². The minimum absolute atomic E-state index is 0.244. The van der Waals surface area contributed by atoms with E-state index >= 15 is 0 Å². The smallest absolute Gasteiger partial charge is 0.277 e. The third kappa shape index (κ3) is 3.96. The number of hydrogen-bond acceptors (Lipinski definition) is 4. The third-order valence-corrected chi connectivity index (χ3v) is 4.73. The van der Waals surface area contributed by atoms with E-state index in [9.17, 15) is 4.79 Å². The second kappa shape index (κ2) is 7.74. The summed E-state index contributed by atoms with van der Waals surface area (Å²) in [5.41, 5.74) is 1.90. The van der Waals surface area contributed by atoms with E-state index in [-0.39, 0.29) is 11.8 Å². The zero-order valence-electron chi connectivity index (χ0n) is 14.8. The minimum Gasteiger partial charge on any atom is -0.486 e. The van der Waals surface area contributed by atoms with Crippen molar-refractivity contribution in [2.24, 2.45) is 7.05 Å². The Morgan fingerprint density at radius 1 is 1.35 bits per heavy atom. The number of aryl methyl sites for hydroxylation is 1. The van der Waals surface area contributed by atoms with Gasteiger partial charge in [-0.25, -0.2) is 4.98 Å². The molecule has 2 heterocycles. The lowest BCUT2D eigenvalue weighted by Crippen LogP contribution is -2.13. The summed E-state index contributed by atoms with van der Waals surface area (Å²) in [6.07, 6.45) is 3.60. The topological polar surface area (TPSA) is 84.8 Å². The average Bonchev–Trinajstić information content (AvgIpc) is 3.20. The fourth-order valence-corrected chi connectivity index (χ4v) is 3.20. The second-order valence-corrected chi connectivity index (χ2v) is 6.97. The molecule has 136 valence electrons. The number of anilines is 1. The molecule has 7 nitrogen and oxygen atoms in total. The molecule has 0 spiro atoms. The lowest BCUT2D eigenvalue weighted by Gasteiger charge is -2.08. The highest BCUT2D eigenvalue weighted by atomic mass is 79.9. The molecule has 0 bridgehead atoms. The first kappa shape index (κ1) is 18.2. The van der Waals surface area contributed by atoms with Gasteiger partial charge in [0, 0.05) is 25.1 Å². The van der Waals surface area contributed by atoms with Crippen molar-refractivity contribution in [3.05, 3.63) is 58.3 Å². The maximum Gasteiger partial charge on any atom is 0.277 e. The molecular weight excluding hydrogens is 398 g/mol. The van der Waals surface area contributed by atoms with Crippen LogP contribution in [-0.2, 0) is 13.7 Å². The summed E-state index contributed by atoms with van der Waals surface area (Å²) in [7, 11) is 1.92. The molecule has 3 aromatic rings. The highest BCUT2D eigenvalue weighted by molar-refractivity contribution is 9.10. The fourth-order valence-electron chi connectivity index (χ4n) is 2.38. The van der Waals surface area contributed by atoms with E-state index in [4.69, 9.17) is 4.74 Å². The number of aromatic amines is 1. The van der Waals surface area contributed by atoms with E-state index in [0.717, 1.165) is 11.5 Å². The highest BCUT2D eigenvalue weighted by Crippen LogP contribution is 2.26. The lowest BCUT2D eigenvalue weighted by atomic mass is 10.1. The van der Waals surface area contributed by atoms with Crippen molar-refractivity contribution in [2.75, 3.05) is 5.32 Å². The average molecular weight is 418 g/mol. The van der Waals surface area contributed by atoms with Crippen LogP contribution >= 0.6 is 15.9 Å². The van der Waals surface area contributed by atoms with Gasteiger partial charge in [0.2, 0.25) is 0 Å². The van der Waals surface area contributed by atoms with Crippen LogP contribution < -0.4 is 10.1 Å². The summed E-state index contributed by atoms with van der Waals surface area (Å²) in [6, 6.07) is 7.18. The maximum atomic E-state index is 12.4. The van der Waals surface area contributed by atoms with Gasteiger partial charge in [-0.15, -0.1) is 0 Å². The first-order valence-corrected chi connectivity index (χ1v) is 8.99. The molecule has 1 aromatic carbocycles. The Labute approximate surface area is 159 Å². The number of nitrogens with one attached hydrogen (secondary N) is 2. The highest BCUT2D eigenvalue weighted by Gasteiger charge is 2.19. The van der Waals surface area contributed by atoms with Gasteiger partial charge >= 0.3 is 0 Å². The summed E-state index contributed by atoms with van der Waals surface area (Å²) in [5.74, 6) is 1.51. The Hall–Kier alpha value is -2.61. The Kier molecular flexibility index (Phi) is 5.41. The summed E-state index contributed by atoms with van der Waals surface area (Å²) in [4.78, 5) is 16.6. The zero-order valence-corrected chi connectivity index (χ0v) is 16.4. The molecule has 0 aliphatic rings. The number of aromatic nitrogens is 4. The number of rotatable bonds is 6. The fraction of sp³-hybridized carbons (Fsp3) is 0.278. The van der Waals surface area contributed by atoms with Crippen LogP contribution in [0.25, 0.3) is 0 Å². The molecule has 0 fully saturated rings. The van der Waals surface area contributed by atoms with Gasteiger partial charge in [0.15, 0.2) is 5.69 Å². The number of hydrogen-bond donors (Lipinski definition) is 2. The predicted octanol–water partition coefficient (Wildman–Crippen LogP) is 3.86. The van der Waals surface area contributed by atoms with Gasteiger partial charge in [0.1, 0.15) is 18.2 Å². The van der Waals surface area contributed by atoms with Gasteiger partial charge in [-0.2, -0.15) is 5.10 Å². The predicted molar refractivity (Wildman–Crippen MR) is 102 cm³/mol. The summed E-state index contributed by atoms with van der Waals surface area (Å²) < 4.78 is 8.30. The molecule has 0 aliphatic carbocycles. The number of ether oxygens (including phenoxy) is 1. The van der Waals surface area contributed by atoms with Crippen molar-refractivity contribution in [1.29, 1.82) is 0 Å². The molecule has 26 heavy (non-hydrogen) atoms. The van der Waals surface area contributed by atoms with Crippen LogP contribution in [0.4, 0.5) is 5.69 Å². The summed E-state index contributed by atoms with van der Waals surface area (Å²) in [5, 5.41) is 9.83. The van der Waals surface area contributed by atoms with Gasteiger partial charge in [-0.3, -0.25) is 9.89 Å². The molecule has 3 rings (SSSR count). The van der Waals surface area contributed by atoms with Crippen LogP contribution in [0.2, 0.25) is 0 Å². The van der Waals surface area contributed by atoms with Crippen molar-refractivity contribution in [2.45, 2.75) is 26.4 Å². The number of halogens is 1. The molecule has 0 saturated heterocycles. The maximum absolute atomic E-state index is 12.4. The molecule has 2 aromatic heterocycles. The Morgan fingerprint density at radius 3 is 2.65 bits per heavy atom. The van der Waals surface area contributed by atoms with Crippen LogP contribution in [0.15, 0.2) is 41.1 Å². The van der Waals surface area contributed by atoms with Gasteiger partial charge in [-0.1, -0.05) is 13.8 Å². The lowest BCUT2D eigenvalue weighted by molar-refractivity contribution is 0.102. The van der Waals surface area contributed by atoms with E-state index < -0.39 is 0 Å². The van der Waals surface area contributed by atoms with Gasteiger partial charge < -0.3 is 14.6 Å². The molecule has 0 saturated carbocycles. The van der Waals surface area contributed by atoms with Gasteiger partial charge in [-0.05, 0) is 46.1 Å². The monoisotopic (exact) mass is 417 g/mol. The zero-order chi connectivity index (χ0) is 18.7. The number of benzene rings is 1. The number of carbonyl (C=O) groups excluding carboxylic acids is 1. The van der Waals surface area contributed by atoms with E-state index in [0.29, 0.717) is 28.2 Å². The largest absolute Gasteiger partial charge is 0.486 e. The van der Waals surface area contributed by atoms with E-state index in [2.05, 4.69) is 36.4 Å². The Bertz CT molecular complexity index is 899. The van der Waals surface area contributed by atoms with Crippen LogP contribution in [0.3, 0.4) is 0 Å². The first-order chi connectivity index (χ1) is 12.5. The summed E-state index contributed by atoms with van der Waals surface area (Å²) in [6.45, 7) is 4.45. The van der Waals surface area contributed by atoms with Crippen LogP contribution in [0.1, 0.15) is 41.8 Å². The number of imidazole rings is 1. The number of H-pyrrole nitrogens is 1. The molecule has 1 amide bonds. The van der Waals surface area contributed by atoms with E-state index in [1.54, 1.807) is 30.5 Å². The number of carbonyl (C=O) groups is 1. The molecule has 0 unspecified atom stereocenters. The standard InChI is InChI=1S/C18H20BrN5O2/c1-11(2)16-15(19)17(23-22-16)18(25)21-12-4-6-13(7-5-12)26-10-14-20-8-9-24(14)3/h4-9,11H,10H2,1-3H3,(H,21,25)(H,22,23). The molecular formula is C18H20BrN5O2. The minimum atomic E-state index is -0.276. The second-order valence-electron chi connectivity index (χ2n) is 6.18. The van der Waals surface area contributed by atoms with Crippen molar-refractivity contribution < 1.29 is 9.53 Å². The van der Waals surface area contributed by atoms with E-state index in [1.807, 2.05) is 31.7 Å².